The van der Waals surface area contributed by atoms with Crippen LogP contribution in [0.2, 0.25) is 0 Å². The van der Waals surface area contributed by atoms with Crippen LogP contribution in [0.3, 0.4) is 0 Å². The molecule has 0 saturated carbocycles. The Morgan fingerprint density at radius 3 is 2.52 bits per heavy atom. The van der Waals surface area contributed by atoms with Crippen molar-refractivity contribution >= 4 is 0 Å². The Balaban J connectivity index is 1.75. The fourth-order valence-electron chi connectivity index (χ4n) is 2.43. The van der Waals surface area contributed by atoms with Crippen molar-refractivity contribution < 1.29 is 9.15 Å². The largest absolute Gasteiger partial charge is 0.487 e. The summed E-state index contributed by atoms with van der Waals surface area (Å²) in [6, 6.07) is 16.3. The predicted octanol–water partition coefficient (Wildman–Crippen LogP) is 5.10. The summed E-state index contributed by atoms with van der Waals surface area (Å²) in [5.74, 6) is 2.29. The molecule has 1 heterocycles. The number of aromatic nitrogens is 1. The molecule has 2 aromatic carbocycles. The van der Waals surface area contributed by atoms with Gasteiger partial charge < -0.3 is 9.15 Å². The van der Waals surface area contributed by atoms with Crippen LogP contribution in [0.15, 0.2) is 52.9 Å². The average Bonchev–Trinajstić information content (AvgIpc) is 2.94. The Morgan fingerprint density at radius 2 is 1.83 bits per heavy atom. The molecule has 0 bridgehead atoms. The molecule has 0 saturated heterocycles. The minimum atomic E-state index is 0.409. The van der Waals surface area contributed by atoms with E-state index in [-0.39, 0.29) is 0 Å². The lowest BCUT2D eigenvalue weighted by molar-refractivity contribution is 0.299. The lowest BCUT2D eigenvalue weighted by Gasteiger charge is -2.04. The number of aryl methyl sites for hydroxylation is 3. The van der Waals surface area contributed by atoms with Crippen LogP contribution in [-0.4, -0.2) is 4.98 Å². The molecule has 0 N–H and O–H groups in total. The topological polar surface area (TPSA) is 35.3 Å². The van der Waals surface area contributed by atoms with E-state index in [0.29, 0.717) is 12.5 Å². The standard InChI is InChI=1S/C20H21NO2/c1-4-16-8-10-17(11-9-16)20-21-19(15(3)23-20)13-22-18-7-5-6-14(2)12-18/h5-12H,4,13H2,1-3H3. The summed E-state index contributed by atoms with van der Waals surface area (Å²) >= 11 is 0. The molecule has 0 amide bonds. The lowest BCUT2D eigenvalue weighted by atomic mass is 10.1. The van der Waals surface area contributed by atoms with E-state index in [0.717, 1.165) is 29.2 Å². The number of benzene rings is 2. The van der Waals surface area contributed by atoms with Crippen LogP contribution in [-0.2, 0) is 13.0 Å². The maximum atomic E-state index is 5.82. The molecule has 0 unspecified atom stereocenters. The van der Waals surface area contributed by atoms with Crippen molar-refractivity contribution in [3.05, 3.63) is 71.1 Å². The third-order valence-electron chi connectivity index (χ3n) is 3.87. The molecule has 0 aliphatic carbocycles. The quantitative estimate of drug-likeness (QED) is 0.658. The molecule has 1 aromatic heterocycles. The van der Waals surface area contributed by atoms with Crippen LogP contribution in [0.4, 0.5) is 0 Å². The first-order chi connectivity index (χ1) is 11.2. The Morgan fingerprint density at radius 1 is 1.04 bits per heavy atom. The van der Waals surface area contributed by atoms with Crippen LogP contribution in [0.1, 0.15) is 29.5 Å². The molecule has 0 aliphatic rings. The molecule has 0 spiro atoms. The van der Waals surface area contributed by atoms with Gasteiger partial charge in [0, 0.05) is 5.56 Å². The predicted molar refractivity (Wildman–Crippen MR) is 91.6 cm³/mol. The Labute approximate surface area is 136 Å². The third kappa shape index (κ3) is 3.62. The summed E-state index contributed by atoms with van der Waals surface area (Å²) in [5.41, 5.74) is 4.31. The van der Waals surface area contributed by atoms with E-state index in [1.807, 2.05) is 38.1 Å². The van der Waals surface area contributed by atoms with Gasteiger partial charge in [-0.05, 0) is 55.7 Å². The van der Waals surface area contributed by atoms with Crippen LogP contribution in [0.5, 0.6) is 5.75 Å². The summed E-state index contributed by atoms with van der Waals surface area (Å²) in [4.78, 5) is 4.58. The minimum Gasteiger partial charge on any atom is -0.487 e. The van der Waals surface area contributed by atoms with Crippen LogP contribution in [0.25, 0.3) is 11.5 Å². The van der Waals surface area contributed by atoms with Crippen molar-refractivity contribution in [2.45, 2.75) is 33.8 Å². The van der Waals surface area contributed by atoms with Gasteiger partial charge in [-0.3, -0.25) is 0 Å². The molecule has 3 rings (SSSR count). The molecule has 0 atom stereocenters. The molecular weight excluding hydrogens is 286 g/mol. The highest BCUT2D eigenvalue weighted by Gasteiger charge is 2.12. The number of oxazole rings is 1. The molecule has 0 fully saturated rings. The molecule has 0 aliphatic heterocycles. The van der Waals surface area contributed by atoms with Crippen LogP contribution < -0.4 is 4.74 Å². The number of nitrogens with zero attached hydrogens (tertiary/aromatic N) is 1. The number of rotatable bonds is 5. The second-order valence-corrected chi connectivity index (χ2v) is 5.68. The Hall–Kier alpha value is -2.55. The number of hydrogen-bond acceptors (Lipinski definition) is 3. The molecule has 3 nitrogen and oxygen atoms in total. The second-order valence-electron chi connectivity index (χ2n) is 5.68. The van der Waals surface area contributed by atoms with Crippen molar-refractivity contribution in [3.63, 3.8) is 0 Å². The third-order valence-corrected chi connectivity index (χ3v) is 3.87. The smallest absolute Gasteiger partial charge is 0.226 e. The molecule has 3 aromatic rings. The molecular formula is C20H21NO2. The summed E-state index contributed by atoms with van der Waals surface area (Å²) < 4.78 is 11.6. The SMILES string of the molecule is CCc1ccc(-c2nc(COc3cccc(C)c3)c(C)o2)cc1. The number of hydrogen-bond donors (Lipinski definition) is 0. The average molecular weight is 307 g/mol. The maximum absolute atomic E-state index is 5.82. The molecule has 23 heavy (non-hydrogen) atoms. The van der Waals surface area contributed by atoms with E-state index in [1.54, 1.807) is 0 Å². The minimum absolute atomic E-state index is 0.409. The van der Waals surface area contributed by atoms with Crippen LogP contribution in [0, 0.1) is 13.8 Å². The highest BCUT2D eigenvalue weighted by atomic mass is 16.5. The van der Waals surface area contributed by atoms with Crippen molar-refractivity contribution in [1.82, 2.24) is 4.98 Å². The van der Waals surface area contributed by atoms with Gasteiger partial charge in [-0.25, -0.2) is 4.98 Å². The fourth-order valence-corrected chi connectivity index (χ4v) is 2.43. The van der Waals surface area contributed by atoms with E-state index in [4.69, 9.17) is 9.15 Å². The zero-order valence-corrected chi connectivity index (χ0v) is 13.8. The monoisotopic (exact) mass is 307 g/mol. The van der Waals surface area contributed by atoms with E-state index < -0.39 is 0 Å². The summed E-state index contributed by atoms with van der Waals surface area (Å²) in [5, 5.41) is 0. The van der Waals surface area contributed by atoms with Crippen molar-refractivity contribution in [1.29, 1.82) is 0 Å². The molecule has 3 heteroatoms. The van der Waals surface area contributed by atoms with Gasteiger partial charge in [0.1, 0.15) is 23.8 Å². The zero-order valence-electron chi connectivity index (χ0n) is 13.8. The van der Waals surface area contributed by atoms with E-state index in [2.05, 4.69) is 36.2 Å². The van der Waals surface area contributed by atoms with Gasteiger partial charge in [0.25, 0.3) is 0 Å². The highest BCUT2D eigenvalue weighted by molar-refractivity contribution is 5.54. The van der Waals surface area contributed by atoms with Crippen molar-refractivity contribution in [2.24, 2.45) is 0 Å². The van der Waals surface area contributed by atoms with Gasteiger partial charge in [0.2, 0.25) is 5.89 Å². The number of ether oxygens (including phenoxy) is 1. The first-order valence-corrected chi connectivity index (χ1v) is 7.91. The van der Waals surface area contributed by atoms with Crippen LogP contribution >= 0.6 is 0 Å². The van der Waals surface area contributed by atoms with Gasteiger partial charge in [-0.1, -0.05) is 31.2 Å². The molecule has 118 valence electrons. The lowest BCUT2D eigenvalue weighted by Crippen LogP contribution is -1.97. The van der Waals surface area contributed by atoms with Gasteiger partial charge in [0.05, 0.1) is 0 Å². The summed E-state index contributed by atoms with van der Waals surface area (Å²) in [7, 11) is 0. The normalized spacial score (nSPS) is 10.7. The first kappa shape index (κ1) is 15.3. The maximum Gasteiger partial charge on any atom is 0.226 e. The fraction of sp³-hybridized carbons (Fsp3) is 0.250. The van der Waals surface area contributed by atoms with E-state index in [9.17, 15) is 0 Å². The van der Waals surface area contributed by atoms with Crippen molar-refractivity contribution in [2.75, 3.05) is 0 Å². The van der Waals surface area contributed by atoms with Gasteiger partial charge in [-0.15, -0.1) is 0 Å². The second kappa shape index (κ2) is 6.69. The summed E-state index contributed by atoms with van der Waals surface area (Å²) in [6.45, 7) is 6.52. The van der Waals surface area contributed by atoms with Gasteiger partial charge in [0.15, 0.2) is 0 Å². The first-order valence-electron chi connectivity index (χ1n) is 7.91. The van der Waals surface area contributed by atoms with E-state index >= 15 is 0 Å². The highest BCUT2D eigenvalue weighted by Crippen LogP contribution is 2.23. The Kier molecular flexibility index (Phi) is 4.47. The molecule has 0 radical (unpaired) electrons. The zero-order chi connectivity index (χ0) is 16.2. The van der Waals surface area contributed by atoms with Gasteiger partial charge >= 0.3 is 0 Å². The van der Waals surface area contributed by atoms with Crippen molar-refractivity contribution in [3.8, 4) is 17.2 Å². The van der Waals surface area contributed by atoms with Gasteiger partial charge in [-0.2, -0.15) is 0 Å². The Bertz CT molecular complexity index is 788. The summed E-state index contributed by atoms with van der Waals surface area (Å²) in [6.07, 6.45) is 1.03. The van der Waals surface area contributed by atoms with E-state index in [1.165, 1.54) is 11.1 Å².